The van der Waals surface area contributed by atoms with Gasteiger partial charge >= 0.3 is 0 Å². The zero-order chi connectivity index (χ0) is 13.7. The van der Waals surface area contributed by atoms with Gasteiger partial charge < -0.3 is 10.4 Å². The number of aliphatic hydroxyl groups excluding tert-OH is 1. The van der Waals surface area contributed by atoms with Crippen molar-refractivity contribution in [1.82, 2.24) is 5.32 Å². The van der Waals surface area contributed by atoms with Gasteiger partial charge in [-0.2, -0.15) is 0 Å². The molecule has 0 radical (unpaired) electrons. The molecule has 2 N–H and O–H groups in total. The molecular weight excluding hydrogens is 278 g/mol. The first-order valence-electron chi connectivity index (χ1n) is 6.94. The molecule has 0 saturated heterocycles. The van der Waals surface area contributed by atoms with E-state index in [0.29, 0.717) is 5.92 Å². The number of hydrogen-bond acceptors (Lipinski definition) is 3. The van der Waals surface area contributed by atoms with Gasteiger partial charge in [0.1, 0.15) is 0 Å². The molecule has 0 bridgehead atoms. The van der Waals surface area contributed by atoms with E-state index in [1.54, 1.807) is 11.8 Å². The summed E-state index contributed by atoms with van der Waals surface area (Å²) in [6, 6.07) is 7.93. The van der Waals surface area contributed by atoms with E-state index in [-0.39, 0.29) is 12.1 Å². The van der Waals surface area contributed by atoms with Crippen LogP contribution in [-0.4, -0.2) is 29.5 Å². The van der Waals surface area contributed by atoms with E-state index in [9.17, 15) is 5.11 Å². The Kier molecular flexibility index (Phi) is 5.58. The van der Waals surface area contributed by atoms with Crippen LogP contribution < -0.4 is 5.32 Å². The molecule has 2 rings (SSSR count). The molecule has 0 heterocycles. The average Bonchev–Trinajstić information content (AvgIpc) is 3.25. The molecule has 1 fully saturated rings. The summed E-state index contributed by atoms with van der Waals surface area (Å²) in [7, 11) is 0. The highest BCUT2D eigenvalue weighted by molar-refractivity contribution is 7.99. The molecule has 1 unspecified atom stereocenters. The van der Waals surface area contributed by atoms with Crippen LogP contribution in [0.3, 0.4) is 0 Å². The molecule has 0 spiro atoms. The maximum atomic E-state index is 9.84. The number of aliphatic hydroxyl groups is 1. The summed E-state index contributed by atoms with van der Waals surface area (Å²) in [5, 5.41) is 14.2. The van der Waals surface area contributed by atoms with Crippen molar-refractivity contribution < 1.29 is 5.11 Å². The van der Waals surface area contributed by atoms with Crippen molar-refractivity contribution in [3.63, 3.8) is 0 Å². The number of benzene rings is 1. The zero-order valence-corrected chi connectivity index (χ0v) is 12.9. The topological polar surface area (TPSA) is 32.3 Å². The first-order chi connectivity index (χ1) is 9.20. The van der Waals surface area contributed by atoms with Crippen LogP contribution >= 0.6 is 23.4 Å². The Morgan fingerprint density at radius 3 is 2.84 bits per heavy atom. The minimum atomic E-state index is -0.122. The molecule has 0 aromatic heterocycles. The van der Waals surface area contributed by atoms with Crippen molar-refractivity contribution in [2.24, 2.45) is 5.92 Å². The lowest BCUT2D eigenvalue weighted by Crippen LogP contribution is -2.53. The van der Waals surface area contributed by atoms with Crippen LogP contribution in [0.15, 0.2) is 29.2 Å². The van der Waals surface area contributed by atoms with Crippen molar-refractivity contribution in [2.45, 2.75) is 36.6 Å². The van der Waals surface area contributed by atoms with E-state index in [1.807, 2.05) is 18.2 Å². The van der Waals surface area contributed by atoms with Crippen molar-refractivity contribution >= 4 is 23.4 Å². The molecule has 1 aliphatic rings. The molecule has 106 valence electrons. The van der Waals surface area contributed by atoms with Crippen LogP contribution in [0.2, 0.25) is 5.02 Å². The average molecular weight is 300 g/mol. The molecule has 19 heavy (non-hydrogen) atoms. The maximum absolute atomic E-state index is 9.84. The monoisotopic (exact) mass is 299 g/mol. The molecule has 4 heteroatoms. The summed E-state index contributed by atoms with van der Waals surface area (Å²) < 4.78 is 0. The van der Waals surface area contributed by atoms with Crippen molar-refractivity contribution in [1.29, 1.82) is 0 Å². The van der Waals surface area contributed by atoms with Gasteiger partial charge in [0.2, 0.25) is 0 Å². The van der Waals surface area contributed by atoms with Crippen molar-refractivity contribution in [3.05, 3.63) is 29.3 Å². The van der Waals surface area contributed by atoms with Crippen LogP contribution in [0, 0.1) is 5.92 Å². The van der Waals surface area contributed by atoms with E-state index < -0.39 is 0 Å². The molecule has 1 atom stereocenters. The third-order valence-corrected chi connectivity index (χ3v) is 5.14. The summed E-state index contributed by atoms with van der Waals surface area (Å²) in [6.07, 6.45) is 3.55. The SMILES string of the molecule is CCCNC(CO)(CSc1cccc(Cl)c1)C1CC1. The van der Waals surface area contributed by atoms with E-state index in [4.69, 9.17) is 11.6 Å². The summed E-state index contributed by atoms with van der Waals surface area (Å²) >= 11 is 7.79. The standard InChI is InChI=1S/C15H22ClNOS/c1-2-8-17-15(10-18,12-6-7-12)11-19-14-5-3-4-13(16)9-14/h3-5,9,12,17-18H,2,6-8,10-11H2,1H3. The lowest BCUT2D eigenvalue weighted by molar-refractivity contribution is 0.159. The Balaban J connectivity index is 1.99. The predicted octanol–water partition coefficient (Wildman–Crippen LogP) is 3.57. The van der Waals surface area contributed by atoms with Crippen LogP contribution in [0.4, 0.5) is 0 Å². The summed E-state index contributed by atoms with van der Waals surface area (Å²) in [4.78, 5) is 1.17. The van der Waals surface area contributed by atoms with Gasteiger partial charge in [0.15, 0.2) is 0 Å². The highest BCUT2D eigenvalue weighted by Gasteiger charge is 2.44. The van der Waals surface area contributed by atoms with Gasteiger partial charge in [-0.3, -0.25) is 0 Å². The molecule has 0 aliphatic heterocycles. The first kappa shape index (κ1) is 15.2. The Morgan fingerprint density at radius 1 is 1.47 bits per heavy atom. The molecule has 1 saturated carbocycles. The van der Waals surface area contributed by atoms with E-state index in [2.05, 4.69) is 18.3 Å². The maximum Gasteiger partial charge on any atom is 0.0624 e. The highest BCUT2D eigenvalue weighted by atomic mass is 35.5. The molecular formula is C15H22ClNOS. The second kappa shape index (κ2) is 6.98. The second-order valence-electron chi connectivity index (χ2n) is 5.26. The van der Waals surface area contributed by atoms with Gasteiger partial charge in [-0.05, 0) is 49.9 Å². The van der Waals surface area contributed by atoms with Crippen LogP contribution in [0.5, 0.6) is 0 Å². The molecule has 1 aliphatic carbocycles. The Hall–Kier alpha value is -0.220. The van der Waals surface area contributed by atoms with Crippen LogP contribution in [0.25, 0.3) is 0 Å². The Labute approximate surface area is 124 Å². The summed E-state index contributed by atoms with van der Waals surface area (Å²) in [5.74, 6) is 1.52. The Bertz CT molecular complexity index is 411. The van der Waals surface area contributed by atoms with Gasteiger partial charge in [0, 0.05) is 15.7 Å². The lowest BCUT2D eigenvalue weighted by Gasteiger charge is -2.33. The fraction of sp³-hybridized carbons (Fsp3) is 0.600. The largest absolute Gasteiger partial charge is 0.394 e. The fourth-order valence-electron chi connectivity index (χ4n) is 2.32. The number of nitrogens with one attached hydrogen (secondary N) is 1. The van der Waals surface area contributed by atoms with Gasteiger partial charge in [0.05, 0.1) is 12.1 Å². The third-order valence-electron chi connectivity index (χ3n) is 3.66. The predicted molar refractivity (Wildman–Crippen MR) is 83.0 cm³/mol. The molecule has 1 aromatic rings. The summed E-state index contributed by atoms with van der Waals surface area (Å²) in [6.45, 7) is 3.34. The van der Waals surface area contributed by atoms with E-state index in [0.717, 1.165) is 23.7 Å². The van der Waals surface area contributed by atoms with Crippen LogP contribution in [0.1, 0.15) is 26.2 Å². The first-order valence-corrected chi connectivity index (χ1v) is 8.31. The van der Waals surface area contributed by atoms with Crippen molar-refractivity contribution in [2.75, 3.05) is 18.9 Å². The number of rotatable bonds is 8. The Morgan fingerprint density at radius 2 is 2.26 bits per heavy atom. The van der Waals surface area contributed by atoms with Gasteiger partial charge in [-0.1, -0.05) is 24.6 Å². The highest BCUT2D eigenvalue weighted by Crippen LogP contribution is 2.42. The van der Waals surface area contributed by atoms with Crippen molar-refractivity contribution in [3.8, 4) is 0 Å². The minimum absolute atomic E-state index is 0.122. The molecule has 1 aromatic carbocycles. The smallest absolute Gasteiger partial charge is 0.0624 e. The van der Waals surface area contributed by atoms with E-state index in [1.165, 1.54) is 17.7 Å². The quantitative estimate of drug-likeness (QED) is 0.720. The van der Waals surface area contributed by atoms with Gasteiger partial charge in [-0.25, -0.2) is 0 Å². The lowest BCUT2D eigenvalue weighted by atomic mass is 9.96. The van der Waals surface area contributed by atoms with Gasteiger partial charge in [-0.15, -0.1) is 11.8 Å². The van der Waals surface area contributed by atoms with Crippen LogP contribution in [-0.2, 0) is 0 Å². The number of halogens is 1. The third kappa shape index (κ3) is 4.12. The van der Waals surface area contributed by atoms with E-state index >= 15 is 0 Å². The minimum Gasteiger partial charge on any atom is -0.394 e. The fourth-order valence-corrected chi connectivity index (χ4v) is 3.82. The van der Waals surface area contributed by atoms with Gasteiger partial charge in [0.25, 0.3) is 0 Å². The zero-order valence-electron chi connectivity index (χ0n) is 11.4. The number of thioether (sulfide) groups is 1. The second-order valence-corrected chi connectivity index (χ2v) is 6.75. The molecule has 2 nitrogen and oxygen atoms in total. The molecule has 0 amide bonds. The number of hydrogen-bond donors (Lipinski definition) is 2. The summed E-state index contributed by atoms with van der Waals surface area (Å²) in [5.41, 5.74) is -0.122. The normalized spacial score (nSPS) is 18.3.